The topological polar surface area (TPSA) is 228 Å². The van der Waals surface area contributed by atoms with Gasteiger partial charge in [0.1, 0.15) is 48.8 Å². The quantitative estimate of drug-likeness (QED) is 0.0204. The fraction of sp³-hybridized carbons (Fsp3) is 0.964. The Bertz CT molecular complexity index is 1680. The van der Waals surface area contributed by atoms with E-state index in [4.69, 9.17) is 18.9 Å². The van der Waals surface area contributed by atoms with Crippen molar-refractivity contribution in [2.45, 2.75) is 492 Å². The Morgan fingerprint density at radius 2 is 0.639 bits per heavy atom. The zero-order valence-corrected chi connectivity index (χ0v) is 63.4. The normalized spacial score (nSPS) is 22.1. The van der Waals surface area contributed by atoms with E-state index in [0.29, 0.717) is 0 Å². The number of ether oxygens (including phenoxy) is 4. The largest absolute Gasteiger partial charge is 0.394 e. The number of nitrogens with one attached hydrogen (secondary N) is 1. The van der Waals surface area contributed by atoms with Crippen molar-refractivity contribution in [3.05, 3.63) is 12.2 Å². The molecule has 2 rings (SSSR count). The number of unbranched alkanes of at least 4 members (excludes halogenated alkanes) is 60. The number of aliphatic hydroxyl groups excluding tert-OH is 8. The molecule has 14 nitrogen and oxygen atoms in total. The Balaban J connectivity index is 1.59. The second-order valence-corrected chi connectivity index (χ2v) is 30.3. The molecule has 2 fully saturated rings. The summed E-state index contributed by atoms with van der Waals surface area (Å²) >= 11 is 0. The number of hydrogen-bond donors (Lipinski definition) is 9. The van der Waals surface area contributed by atoms with Crippen molar-refractivity contribution in [2.75, 3.05) is 19.8 Å². The van der Waals surface area contributed by atoms with Crippen LogP contribution in [0.3, 0.4) is 0 Å². The average Bonchev–Trinajstić information content (AvgIpc) is 0.793. The minimum atomic E-state index is -1.79. The Kier molecular flexibility index (Phi) is 64.2. The van der Waals surface area contributed by atoms with Crippen molar-refractivity contribution in [2.24, 2.45) is 0 Å². The monoisotopic (exact) mass is 1380 g/mol. The Hall–Kier alpha value is -1.27. The lowest BCUT2D eigenvalue weighted by Gasteiger charge is -2.46. The van der Waals surface area contributed by atoms with Gasteiger partial charge in [0.05, 0.1) is 32.0 Å². The molecule has 0 aromatic rings. The average molecular weight is 1380 g/mol. The van der Waals surface area contributed by atoms with Crippen LogP contribution >= 0.6 is 0 Å². The molecular formula is C83H161NO13. The highest BCUT2D eigenvalue weighted by Crippen LogP contribution is 2.31. The number of amides is 1. The Labute approximate surface area is 596 Å². The van der Waals surface area contributed by atoms with E-state index in [2.05, 4.69) is 19.2 Å². The highest BCUT2D eigenvalue weighted by atomic mass is 16.7. The van der Waals surface area contributed by atoms with E-state index in [9.17, 15) is 45.6 Å². The van der Waals surface area contributed by atoms with Crippen molar-refractivity contribution in [1.82, 2.24) is 5.32 Å². The van der Waals surface area contributed by atoms with Gasteiger partial charge in [-0.1, -0.05) is 405 Å². The van der Waals surface area contributed by atoms with Gasteiger partial charge in [-0.05, 0) is 19.3 Å². The number of carbonyl (C=O) groups is 1. The summed E-state index contributed by atoms with van der Waals surface area (Å²) in [5.74, 6) is -0.228. The first-order valence-corrected chi connectivity index (χ1v) is 42.4. The van der Waals surface area contributed by atoms with Crippen LogP contribution < -0.4 is 5.32 Å². The molecular weight excluding hydrogens is 1220 g/mol. The number of aliphatic hydroxyl groups is 8. The number of allylic oxidation sites excluding steroid dienone is 1. The Morgan fingerprint density at radius 1 is 0.361 bits per heavy atom. The molecule has 2 heterocycles. The lowest BCUT2D eigenvalue weighted by molar-refractivity contribution is -0.359. The number of rotatable bonds is 73. The van der Waals surface area contributed by atoms with E-state index >= 15 is 0 Å². The number of hydrogen-bond acceptors (Lipinski definition) is 13. The van der Waals surface area contributed by atoms with Gasteiger partial charge in [-0.2, -0.15) is 0 Å². The third-order valence-electron chi connectivity index (χ3n) is 21.2. The van der Waals surface area contributed by atoms with Crippen LogP contribution in [0.1, 0.15) is 418 Å². The predicted molar refractivity (Wildman–Crippen MR) is 402 cm³/mol. The SMILES string of the molecule is CCCCCCCCCCCCCCCCCCCCCCCCCCCCCCCC/C=C/C(O)C(COC1OC(CO)C(OC2OC(CO)C(O)C(O)C2O)C(O)C1O)NC(=O)CCCCCCCCCCCCCCCCCCCCCCCCCCCCCCCCC. The summed E-state index contributed by atoms with van der Waals surface area (Å²) in [4.78, 5) is 13.4. The van der Waals surface area contributed by atoms with Crippen LogP contribution in [0.2, 0.25) is 0 Å². The lowest BCUT2D eigenvalue weighted by atomic mass is 9.97. The van der Waals surface area contributed by atoms with Crippen LogP contribution in [0.25, 0.3) is 0 Å². The second-order valence-electron chi connectivity index (χ2n) is 30.3. The van der Waals surface area contributed by atoms with Crippen molar-refractivity contribution < 1.29 is 64.6 Å². The fourth-order valence-electron chi connectivity index (χ4n) is 14.5. The molecule has 0 aromatic carbocycles. The molecule has 576 valence electrons. The molecule has 2 aliphatic heterocycles. The highest BCUT2D eigenvalue weighted by molar-refractivity contribution is 5.76. The molecule has 0 saturated carbocycles. The minimum absolute atomic E-state index is 0.228. The maximum Gasteiger partial charge on any atom is 0.220 e. The molecule has 0 aromatic heterocycles. The van der Waals surface area contributed by atoms with E-state index in [-0.39, 0.29) is 18.9 Å². The second kappa shape index (κ2) is 67.9. The molecule has 2 saturated heterocycles. The van der Waals surface area contributed by atoms with E-state index in [1.54, 1.807) is 6.08 Å². The van der Waals surface area contributed by atoms with E-state index in [1.807, 2.05) is 6.08 Å². The third-order valence-corrected chi connectivity index (χ3v) is 21.2. The van der Waals surface area contributed by atoms with Crippen LogP contribution in [0.4, 0.5) is 0 Å². The lowest BCUT2D eigenvalue weighted by Crippen LogP contribution is -2.65. The van der Waals surface area contributed by atoms with Crippen LogP contribution in [0, 0.1) is 0 Å². The molecule has 97 heavy (non-hydrogen) atoms. The smallest absolute Gasteiger partial charge is 0.220 e. The summed E-state index contributed by atoms with van der Waals surface area (Å²) < 4.78 is 23.0. The fourth-order valence-corrected chi connectivity index (χ4v) is 14.5. The predicted octanol–water partition coefficient (Wildman–Crippen LogP) is 19.6. The third kappa shape index (κ3) is 50.7. The molecule has 0 spiro atoms. The Morgan fingerprint density at radius 3 is 0.948 bits per heavy atom. The minimum Gasteiger partial charge on any atom is -0.394 e. The summed E-state index contributed by atoms with van der Waals surface area (Å²) in [6.45, 7) is 2.89. The molecule has 0 aliphatic carbocycles. The first-order chi connectivity index (χ1) is 47.6. The number of carbonyl (C=O) groups excluding carboxylic acids is 1. The van der Waals surface area contributed by atoms with Gasteiger partial charge in [0.2, 0.25) is 5.91 Å². The van der Waals surface area contributed by atoms with E-state index < -0.39 is 86.8 Å². The standard InChI is InChI=1S/C83H161NO13/c1-3-5-7-9-11-13-15-17-19-21-23-25-27-29-31-33-35-37-38-40-42-44-46-48-50-52-54-56-58-60-62-64-66-72(87)71(70-94-82-80(93)78(91)81(74(69-86)96-82)97-83-79(92)77(90)76(89)73(68-85)95-83)84-75(88)67-65-63-61-59-57-55-53-51-49-47-45-43-41-39-36-34-32-30-28-26-24-22-20-18-16-14-12-10-8-6-4-2/h64,66,71-74,76-83,85-87,89-93H,3-63,65,67-70H2,1-2H3,(H,84,88)/b66-64+. The molecule has 12 unspecified atom stereocenters. The maximum atomic E-state index is 13.4. The molecule has 9 N–H and O–H groups in total. The molecule has 2 aliphatic rings. The van der Waals surface area contributed by atoms with Gasteiger partial charge in [-0.3, -0.25) is 4.79 Å². The van der Waals surface area contributed by atoms with Crippen LogP contribution in [0.5, 0.6) is 0 Å². The highest BCUT2D eigenvalue weighted by Gasteiger charge is 2.51. The summed E-state index contributed by atoms with van der Waals surface area (Å²) in [6.07, 6.45) is 70.3. The van der Waals surface area contributed by atoms with Crippen molar-refractivity contribution >= 4 is 5.91 Å². The van der Waals surface area contributed by atoms with Crippen molar-refractivity contribution in [3.63, 3.8) is 0 Å². The van der Waals surface area contributed by atoms with E-state index in [1.165, 1.54) is 353 Å². The molecule has 14 heteroatoms. The van der Waals surface area contributed by atoms with Gasteiger partial charge in [0, 0.05) is 6.42 Å². The van der Waals surface area contributed by atoms with Crippen molar-refractivity contribution in [1.29, 1.82) is 0 Å². The molecule has 1 amide bonds. The van der Waals surface area contributed by atoms with Crippen LogP contribution in [0.15, 0.2) is 12.2 Å². The van der Waals surface area contributed by atoms with Crippen LogP contribution in [-0.4, -0.2) is 140 Å². The first kappa shape index (κ1) is 91.8. The summed E-state index contributed by atoms with van der Waals surface area (Å²) in [5, 5.41) is 87.8. The van der Waals surface area contributed by atoms with E-state index in [0.717, 1.165) is 44.9 Å². The van der Waals surface area contributed by atoms with Gasteiger partial charge in [0.25, 0.3) is 0 Å². The van der Waals surface area contributed by atoms with Gasteiger partial charge in [0.15, 0.2) is 12.6 Å². The van der Waals surface area contributed by atoms with Gasteiger partial charge >= 0.3 is 0 Å². The molecule has 12 atom stereocenters. The summed E-state index contributed by atoms with van der Waals surface area (Å²) in [6, 6.07) is -0.913. The van der Waals surface area contributed by atoms with Crippen LogP contribution in [-0.2, 0) is 23.7 Å². The van der Waals surface area contributed by atoms with Gasteiger partial charge in [-0.25, -0.2) is 0 Å². The summed E-state index contributed by atoms with van der Waals surface area (Å²) in [7, 11) is 0. The molecule has 0 radical (unpaired) electrons. The van der Waals surface area contributed by atoms with Crippen molar-refractivity contribution in [3.8, 4) is 0 Å². The van der Waals surface area contributed by atoms with Gasteiger partial charge < -0.3 is 65.1 Å². The zero-order valence-electron chi connectivity index (χ0n) is 63.4. The maximum absolute atomic E-state index is 13.4. The zero-order chi connectivity index (χ0) is 70.1. The summed E-state index contributed by atoms with van der Waals surface area (Å²) in [5.41, 5.74) is 0. The van der Waals surface area contributed by atoms with Gasteiger partial charge in [-0.15, -0.1) is 0 Å². The molecule has 0 bridgehead atoms. The first-order valence-electron chi connectivity index (χ1n) is 42.4.